The second kappa shape index (κ2) is 5.35. The van der Waals surface area contributed by atoms with Crippen LogP contribution in [0.5, 0.6) is 0 Å². The van der Waals surface area contributed by atoms with E-state index >= 15 is 0 Å². The van der Waals surface area contributed by atoms with Crippen LogP contribution in [0.4, 0.5) is 0 Å². The highest BCUT2D eigenvalue weighted by molar-refractivity contribution is 7.07. The smallest absolute Gasteiger partial charge is 0.273 e. The monoisotopic (exact) mass is 346 g/mol. The minimum Gasteiger partial charge on any atom is -0.425 e. The standard InChI is InChI=1S/C16H18N4O3S/c21-15(12-6-24-9-17-12)20-4-11-5-22-8-16(11,7-20)3-13-18-19-14(23-13)10-1-2-10/h6,9-11H,1-5,7-8H2/t11-,16+/m1/s1. The van der Waals surface area contributed by atoms with Crippen LogP contribution < -0.4 is 0 Å². The van der Waals surface area contributed by atoms with Crippen molar-refractivity contribution < 1.29 is 13.9 Å². The van der Waals surface area contributed by atoms with Crippen LogP contribution in [0, 0.1) is 11.3 Å². The van der Waals surface area contributed by atoms with Crippen LogP contribution in [0.15, 0.2) is 15.3 Å². The number of nitrogens with zero attached hydrogens (tertiary/aromatic N) is 4. The van der Waals surface area contributed by atoms with Gasteiger partial charge in [0.05, 0.1) is 18.7 Å². The fourth-order valence-corrected chi connectivity index (χ4v) is 4.38. The summed E-state index contributed by atoms with van der Waals surface area (Å²) >= 11 is 1.44. The summed E-state index contributed by atoms with van der Waals surface area (Å²) in [6, 6.07) is 0. The molecule has 3 aliphatic rings. The third-order valence-corrected chi connectivity index (χ3v) is 5.96. The van der Waals surface area contributed by atoms with E-state index in [1.165, 1.54) is 11.3 Å². The molecule has 0 unspecified atom stereocenters. The molecular weight excluding hydrogens is 328 g/mol. The summed E-state index contributed by atoms with van der Waals surface area (Å²) in [6.07, 6.45) is 2.97. The first-order chi connectivity index (χ1) is 11.7. The normalized spacial score (nSPS) is 29.2. The highest BCUT2D eigenvalue weighted by atomic mass is 32.1. The van der Waals surface area contributed by atoms with Gasteiger partial charge in [-0.3, -0.25) is 4.79 Å². The first-order valence-electron chi connectivity index (χ1n) is 8.31. The van der Waals surface area contributed by atoms with E-state index in [1.54, 1.807) is 10.9 Å². The molecule has 3 fully saturated rings. The molecule has 2 aromatic heterocycles. The quantitative estimate of drug-likeness (QED) is 0.839. The first kappa shape index (κ1) is 14.5. The lowest BCUT2D eigenvalue weighted by Crippen LogP contribution is -2.35. The predicted molar refractivity (Wildman–Crippen MR) is 84.7 cm³/mol. The summed E-state index contributed by atoms with van der Waals surface area (Å²) in [5.41, 5.74) is 2.12. The molecule has 126 valence electrons. The van der Waals surface area contributed by atoms with Gasteiger partial charge >= 0.3 is 0 Å². The molecule has 8 heteroatoms. The Morgan fingerprint density at radius 2 is 2.33 bits per heavy atom. The van der Waals surface area contributed by atoms with Gasteiger partial charge in [-0.2, -0.15) is 0 Å². The van der Waals surface area contributed by atoms with Gasteiger partial charge in [0, 0.05) is 42.1 Å². The molecule has 1 aliphatic carbocycles. The Kier molecular flexibility index (Phi) is 3.24. The van der Waals surface area contributed by atoms with Crippen molar-refractivity contribution >= 4 is 17.2 Å². The number of hydrogen-bond donors (Lipinski definition) is 0. The van der Waals surface area contributed by atoms with E-state index in [-0.39, 0.29) is 11.3 Å². The zero-order valence-electron chi connectivity index (χ0n) is 13.2. The van der Waals surface area contributed by atoms with Gasteiger partial charge in [0.25, 0.3) is 5.91 Å². The number of hydrogen-bond acceptors (Lipinski definition) is 7. The lowest BCUT2D eigenvalue weighted by Gasteiger charge is -2.25. The Bertz CT molecular complexity index is 757. The maximum atomic E-state index is 12.6. The number of fused-ring (bicyclic) bond motifs is 1. The van der Waals surface area contributed by atoms with Gasteiger partial charge in [-0.1, -0.05) is 0 Å². The number of carbonyl (C=O) groups is 1. The highest BCUT2D eigenvalue weighted by Gasteiger charge is 2.53. The minimum atomic E-state index is -0.112. The van der Waals surface area contributed by atoms with Gasteiger partial charge in [-0.25, -0.2) is 4.98 Å². The molecular formula is C16H18N4O3S. The molecule has 24 heavy (non-hydrogen) atoms. The van der Waals surface area contributed by atoms with Crippen molar-refractivity contribution in [2.45, 2.75) is 25.2 Å². The second-order valence-corrected chi connectivity index (χ2v) is 7.84. The van der Waals surface area contributed by atoms with Crippen LogP contribution in [-0.4, -0.2) is 52.3 Å². The zero-order valence-corrected chi connectivity index (χ0v) is 14.0. The van der Waals surface area contributed by atoms with Gasteiger partial charge in [0.15, 0.2) is 0 Å². The van der Waals surface area contributed by atoms with Crippen LogP contribution >= 0.6 is 11.3 Å². The maximum Gasteiger partial charge on any atom is 0.273 e. The van der Waals surface area contributed by atoms with Crippen LogP contribution in [0.2, 0.25) is 0 Å². The first-order valence-corrected chi connectivity index (χ1v) is 9.25. The molecule has 0 radical (unpaired) electrons. The molecule has 0 bridgehead atoms. The van der Waals surface area contributed by atoms with Crippen molar-refractivity contribution in [3.05, 3.63) is 28.4 Å². The number of carbonyl (C=O) groups excluding carboxylic acids is 1. The number of likely N-dealkylation sites (tertiary alicyclic amines) is 1. The van der Waals surface area contributed by atoms with E-state index in [0.717, 1.165) is 18.7 Å². The molecule has 4 heterocycles. The van der Waals surface area contributed by atoms with Gasteiger partial charge in [-0.15, -0.1) is 21.5 Å². The molecule has 2 aromatic rings. The van der Waals surface area contributed by atoms with Crippen molar-refractivity contribution in [1.82, 2.24) is 20.1 Å². The lowest BCUT2D eigenvalue weighted by atomic mass is 9.78. The van der Waals surface area contributed by atoms with E-state index in [4.69, 9.17) is 9.15 Å². The summed E-state index contributed by atoms with van der Waals surface area (Å²) in [5.74, 6) is 2.23. The Labute approximate surface area is 143 Å². The third kappa shape index (κ3) is 2.36. The Morgan fingerprint density at radius 1 is 1.42 bits per heavy atom. The van der Waals surface area contributed by atoms with Crippen LogP contribution in [0.1, 0.15) is 41.0 Å². The molecule has 2 saturated heterocycles. The summed E-state index contributed by atoms with van der Waals surface area (Å²) in [7, 11) is 0. The van der Waals surface area contributed by atoms with E-state index < -0.39 is 0 Å². The van der Waals surface area contributed by atoms with Crippen LogP contribution in [-0.2, 0) is 11.2 Å². The summed E-state index contributed by atoms with van der Waals surface area (Å²) in [4.78, 5) is 18.7. The Morgan fingerprint density at radius 3 is 3.12 bits per heavy atom. The molecule has 7 nitrogen and oxygen atoms in total. The van der Waals surface area contributed by atoms with Gasteiger partial charge in [0.1, 0.15) is 5.69 Å². The number of rotatable bonds is 4. The maximum absolute atomic E-state index is 12.6. The van der Waals surface area contributed by atoms with Crippen LogP contribution in [0.3, 0.4) is 0 Å². The molecule has 0 aromatic carbocycles. The molecule has 2 atom stereocenters. The molecule has 1 saturated carbocycles. The number of amides is 1. The van der Waals surface area contributed by atoms with Crippen molar-refractivity contribution in [3.8, 4) is 0 Å². The SMILES string of the molecule is O=C(c1cscn1)N1C[C@@H]2COC[C@]2(Cc2nnc(C3CC3)o2)C1. The largest absolute Gasteiger partial charge is 0.425 e. The Balaban J connectivity index is 1.35. The summed E-state index contributed by atoms with van der Waals surface area (Å²) in [5, 5.41) is 10.2. The van der Waals surface area contributed by atoms with Crippen molar-refractivity contribution in [2.75, 3.05) is 26.3 Å². The Hall–Kier alpha value is -1.80. The van der Waals surface area contributed by atoms with Crippen molar-refractivity contribution in [3.63, 3.8) is 0 Å². The lowest BCUT2D eigenvalue weighted by molar-refractivity contribution is 0.0709. The topological polar surface area (TPSA) is 81.4 Å². The predicted octanol–water partition coefficient (Wildman–Crippen LogP) is 1.73. The summed E-state index contributed by atoms with van der Waals surface area (Å²) in [6.45, 7) is 2.69. The van der Waals surface area contributed by atoms with Crippen LogP contribution in [0.25, 0.3) is 0 Å². The fourth-order valence-electron chi connectivity index (χ4n) is 3.85. The molecule has 5 rings (SSSR count). The van der Waals surface area contributed by atoms with Gasteiger partial charge in [0.2, 0.25) is 11.8 Å². The average Bonchev–Trinajstić information content (AvgIpc) is 3.01. The molecule has 1 amide bonds. The third-order valence-electron chi connectivity index (χ3n) is 5.37. The fraction of sp³-hybridized carbons (Fsp3) is 0.625. The highest BCUT2D eigenvalue weighted by Crippen LogP contribution is 2.45. The van der Waals surface area contributed by atoms with Crippen molar-refractivity contribution in [2.24, 2.45) is 11.3 Å². The minimum absolute atomic E-state index is 0.00854. The van der Waals surface area contributed by atoms with E-state index in [1.807, 2.05) is 4.90 Å². The van der Waals surface area contributed by atoms with E-state index in [9.17, 15) is 4.79 Å². The number of thiazole rings is 1. The molecule has 0 spiro atoms. The van der Waals surface area contributed by atoms with Gasteiger partial charge in [-0.05, 0) is 12.8 Å². The average molecular weight is 346 g/mol. The number of aromatic nitrogens is 3. The molecule has 0 N–H and O–H groups in total. The summed E-state index contributed by atoms with van der Waals surface area (Å²) < 4.78 is 11.6. The number of ether oxygens (including phenoxy) is 1. The molecule has 2 aliphatic heterocycles. The van der Waals surface area contributed by atoms with E-state index in [0.29, 0.717) is 56.1 Å². The zero-order chi connectivity index (χ0) is 16.1. The van der Waals surface area contributed by atoms with Gasteiger partial charge < -0.3 is 14.1 Å². The van der Waals surface area contributed by atoms with E-state index in [2.05, 4.69) is 15.2 Å². The van der Waals surface area contributed by atoms with Crippen molar-refractivity contribution in [1.29, 1.82) is 0 Å². The second-order valence-electron chi connectivity index (χ2n) is 7.12.